The summed E-state index contributed by atoms with van der Waals surface area (Å²) in [7, 11) is 0. The number of carbonyl (C=O) groups excluding carboxylic acids is 2. The van der Waals surface area contributed by atoms with Crippen LogP contribution in [-0.2, 0) is 0 Å². The number of halogens is 1. The van der Waals surface area contributed by atoms with E-state index >= 15 is 0 Å². The topological polar surface area (TPSA) is 70.0 Å². The van der Waals surface area contributed by atoms with Crippen LogP contribution in [0, 0.1) is 6.92 Å². The average molecular weight is 412 g/mol. The van der Waals surface area contributed by atoms with Gasteiger partial charge in [0.1, 0.15) is 11.3 Å². The Morgan fingerprint density at radius 1 is 1.03 bits per heavy atom. The molecule has 1 N–H and O–H groups in total. The number of aryl methyl sites for hydroxylation is 1. The predicted octanol–water partition coefficient (Wildman–Crippen LogP) is 3.68. The molecular weight excluding hydrogens is 390 g/mol. The quantitative estimate of drug-likeness (QED) is 0.699. The van der Waals surface area contributed by atoms with Gasteiger partial charge in [0.15, 0.2) is 0 Å². The molecule has 2 aromatic heterocycles. The van der Waals surface area contributed by atoms with Gasteiger partial charge >= 0.3 is 6.03 Å². The molecule has 1 fully saturated rings. The Morgan fingerprint density at radius 2 is 1.79 bits per heavy atom. The lowest BCUT2D eigenvalue weighted by Crippen LogP contribution is -2.39. The summed E-state index contributed by atoms with van der Waals surface area (Å²) in [6.45, 7) is 4.08. The Morgan fingerprint density at radius 3 is 2.59 bits per heavy atom. The van der Waals surface area contributed by atoms with E-state index in [1.54, 1.807) is 40.3 Å². The number of hydrogen-bond donors (Lipinski definition) is 1. The van der Waals surface area contributed by atoms with Gasteiger partial charge in [-0.3, -0.25) is 4.79 Å². The largest absolute Gasteiger partial charge is 0.335 e. The number of aromatic nitrogens is 2. The normalized spacial score (nSPS) is 14.7. The molecule has 3 heterocycles. The first-order valence-corrected chi connectivity index (χ1v) is 9.94. The van der Waals surface area contributed by atoms with Gasteiger partial charge in [-0.2, -0.15) is 0 Å². The number of hydrogen-bond acceptors (Lipinski definition) is 3. The van der Waals surface area contributed by atoms with Crippen molar-refractivity contribution in [2.24, 2.45) is 0 Å². The fourth-order valence-electron chi connectivity index (χ4n) is 3.51. The molecule has 3 amide bonds. The van der Waals surface area contributed by atoms with Crippen molar-refractivity contribution in [2.45, 2.75) is 13.3 Å². The molecule has 1 aliphatic rings. The molecule has 1 aliphatic heterocycles. The van der Waals surface area contributed by atoms with E-state index in [0.29, 0.717) is 49.0 Å². The number of pyridine rings is 1. The highest BCUT2D eigenvalue weighted by atomic mass is 35.5. The van der Waals surface area contributed by atoms with Gasteiger partial charge in [-0.25, -0.2) is 9.78 Å². The minimum atomic E-state index is -0.190. The molecule has 0 radical (unpaired) electrons. The number of urea groups is 1. The van der Waals surface area contributed by atoms with Crippen LogP contribution < -0.4 is 5.32 Å². The third-order valence-electron chi connectivity index (χ3n) is 5.06. The standard InChI is InChI=1S/C21H22ClN5O2/c1-15-5-2-8-19-24-18(14-27(15)19)20(28)25-9-4-10-26(12-11-25)21(29)23-17-7-3-6-16(22)13-17/h2-3,5-8,13-14H,4,9-12H2,1H3,(H,23,29). The first kappa shape index (κ1) is 19.3. The summed E-state index contributed by atoms with van der Waals surface area (Å²) in [6, 6.07) is 12.6. The zero-order valence-electron chi connectivity index (χ0n) is 16.1. The summed E-state index contributed by atoms with van der Waals surface area (Å²) in [5.41, 5.74) is 2.86. The van der Waals surface area contributed by atoms with Crippen LogP contribution >= 0.6 is 11.6 Å². The Hall–Kier alpha value is -3.06. The van der Waals surface area contributed by atoms with E-state index in [2.05, 4.69) is 10.3 Å². The maximum Gasteiger partial charge on any atom is 0.321 e. The third kappa shape index (κ3) is 4.19. The van der Waals surface area contributed by atoms with Crippen molar-refractivity contribution in [1.29, 1.82) is 0 Å². The lowest BCUT2D eigenvalue weighted by Gasteiger charge is -2.22. The zero-order valence-corrected chi connectivity index (χ0v) is 16.9. The molecule has 1 aromatic carbocycles. The van der Waals surface area contributed by atoms with Gasteiger partial charge in [0.05, 0.1) is 0 Å². The van der Waals surface area contributed by atoms with E-state index in [1.807, 2.05) is 29.5 Å². The van der Waals surface area contributed by atoms with Crippen LogP contribution in [0.2, 0.25) is 5.02 Å². The van der Waals surface area contributed by atoms with Gasteiger partial charge < -0.3 is 19.5 Å². The SMILES string of the molecule is Cc1cccc2nc(C(=O)N3CCCN(C(=O)Nc4cccc(Cl)c4)CC3)cn12. The first-order chi connectivity index (χ1) is 14.0. The highest BCUT2D eigenvalue weighted by Crippen LogP contribution is 2.16. The lowest BCUT2D eigenvalue weighted by atomic mass is 10.3. The number of anilines is 1. The number of benzene rings is 1. The molecule has 29 heavy (non-hydrogen) atoms. The van der Waals surface area contributed by atoms with Gasteiger partial charge in [0, 0.05) is 48.8 Å². The number of nitrogens with one attached hydrogen (secondary N) is 1. The Labute approximate surface area is 173 Å². The maximum absolute atomic E-state index is 13.0. The number of imidazole rings is 1. The third-order valence-corrected chi connectivity index (χ3v) is 5.30. The predicted molar refractivity (Wildman–Crippen MR) is 112 cm³/mol. The molecule has 0 unspecified atom stereocenters. The van der Waals surface area contributed by atoms with Crippen LogP contribution in [0.5, 0.6) is 0 Å². The Balaban J connectivity index is 1.42. The van der Waals surface area contributed by atoms with Gasteiger partial charge in [0.25, 0.3) is 5.91 Å². The average Bonchev–Trinajstić information content (AvgIpc) is 2.99. The van der Waals surface area contributed by atoms with E-state index in [1.165, 1.54) is 0 Å². The molecule has 3 aromatic rings. The summed E-state index contributed by atoms with van der Waals surface area (Å²) in [6.07, 6.45) is 2.49. The maximum atomic E-state index is 13.0. The summed E-state index contributed by atoms with van der Waals surface area (Å²) >= 11 is 5.97. The minimum Gasteiger partial charge on any atom is -0.335 e. The molecule has 0 bridgehead atoms. The van der Waals surface area contributed by atoms with Crippen molar-refractivity contribution in [3.05, 3.63) is 65.1 Å². The second kappa shape index (κ2) is 8.13. The van der Waals surface area contributed by atoms with Crippen molar-refractivity contribution in [3.8, 4) is 0 Å². The van der Waals surface area contributed by atoms with Gasteiger partial charge in [-0.05, 0) is 43.7 Å². The van der Waals surface area contributed by atoms with Crippen LogP contribution in [0.15, 0.2) is 48.7 Å². The van der Waals surface area contributed by atoms with E-state index < -0.39 is 0 Å². The van der Waals surface area contributed by atoms with E-state index in [9.17, 15) is 9.59 Å². The molecule has 4 rings (SSSR count). The zero-order chi connectivity index (χ0) is 20.4. The smallest absolute Gasteiger partial charge is 0.321 e. The molecule has 8 heteroatoms. The molecule has 0 aliphatic carbocycles. The number of fused-ring (bicyclic) bond motifs is 1. The van der Waals surface area contributed by atoms with Crippen molar-refractivity contribution < 1.29 is 9.59 Å². The van der Waals surface area contributed by atoms with Gasteiger partial charge in [0.2, 0.25) is 0 Å². The van der Waals surface area contributed by atoms with Crippen LogP contribution in [0.25, 0.3) is 5.65 Å². The molecule has 0 saturated carbocycles. The fourth-order valence-corrected chi connectivity index (χ4v) is 3.70. The molecule has 0 atom stereocenters. The Kier molecular flexibility index (Phi) is 5.40. The number of rotatable bonds is 2. The summed E-state index contributed by atoms with van der Waals surface area (Å²) in [5, 5.41) is 3.43. The van der Waals surface area contributed by atoms with E-state index in [4.69, 9.17) is 11.6 Å². The molecule has 7 nitrogen and oxygen atoms in total. The fraction of sp³-hybridized carbons (Fsp3) is 0.286. The second-order valence-corrected chi connectivity index (χ2v) is 7.53. The first-order valence-electron chi connectivity index (χ1n) is 9.57. The van der Waals surface area contributed by atoms with Gasteiger partial charge in [-0.1, -0.05) is 23.7 Å². The summed E-state index contributed by atoms with van der Waals surface area (Å²) < 4.78 is 1.91. The van der Waals surface area contributed by atoms with Crippen LogP contribution in [-0.4, -0.2) is 57.3 Å². The molecular formula is C21H22ClN5O2. The highest BCUT2D eigenvalue weighted by Gasteiger charge is 2.24. The molecule has 0 spiro atoms. The summed E-state index contributed by atoms with van der Waals surface area (Å²) in [4.78, 5) is 33.5. The van der Waals surface area contributed by atoms with E-state index in [0.717, 1.165) is 11.3 Å². The molecule has 1 saturated heterocycles. The number of carbonyl (C=O) groups is 2. The van der Waals surface area contributed by atoms with E-state index in [-0.39, 0.29) is 11.9 Å². The van der Waals surface area contributed by atoms with Crippen LogP contribution in [0.3, 0.4) is 0 Å². The van der Waals surface area contributed by atoms with Gasteiger partial charge in [-0.15, -0.1) is 0 Å². The Bertz CT molecular complexity index is 1060. The van der Waals surface area contributed by atoms with Crippen molar-refractivity contribution >= 4 is 34.9 Å². The highest BCUT2D eigenvalue weighted by molar-refractivity contribution is 6.30. The minimum absolute atomic E-state index is 0.106. The second-order valence-electron chi connectivity index (χ2n) is 7.09. The monoisotopic (exact) mass is 411 g/mol. The van der Waals surface area contributed by atoms with Crippen molar-refractivity contribution in [2.75, 3.05) is 31.5 Å². The molecule has 150 valence electrons. The number of amides is 3. The van der Waals surface area contributed by atoms with Crippen molar-refractivity contribution in [1.82, 2.24) is 19.2 Å². The summed E-state index contributed by atoms with van der Waals surface area (Å²) in [5.74, 6) is -0.106. The lowest BCUT2D eigenvalue weighted by molar-refractivity contribution is 0.0757. The van der Waals surface area contributed by atoms with Crippen LogP contribution in [0.4, 0.5) is 10.5 Å². The number of nitrogens with zero attached hydrogens (tertiary/aromatic N) is 4. The van der Waals surface area contributed by atoms with Crippen LogP contribution in [0.1, 0.15) is 22.6 Å². The van der Waals surface area contributed by atoms with Crippen molar-refractivity contribution in [3.63, 3.8) is 0 Å².